The van der Waals surface area contributed by atoms with Crippen molar-refractivity contribution in [2.75, 3.05) is 17.3 Å². The summed E-state index contributed by atoms with van der Waals surface area (Å²) in [6, 6.07) is 22.5. The number of amides is 1. The Balaban J connectivity index is 1.82. The van der Waals surface area contributed by atoms with Gasteiger partial charge in [-0.3, -0.25) is 4.79 Å². The second-order valence-electron chi connectivity index (χ2n) is 5.84. The summed E-state index contributed by atoms with van der Waals surface area (Å²) in [5.74, 6) is -0.00398. The normalized spacial score (nSPS) is 10.4. The van der Waals surface area contributed by atoms with Gasteiger partial charge in [0.2, 0.25) is 5.91 Å². The molecule has 26 heavy (non-hydrogen) atoms. The highest BCUT2D eigenvalue weighted by molar-refractivity contribution is 6.39. The molecule has 0 aliphatic carbocycles. The molecule has 0 atom stereocenters. The maximum absolute atomic E-state index is 12.7. The van der Waals surface area contributed by atoms with Crippen LogP contribution in [0.3, 0.4) is 0 Å². The molecule has 3 nitrogen and oxygen atoms in total. The number of carbonyl (C=O) groups excluding carboxylic acids is 1. The van der Waals surface area contributed by atoms with E-state index in [9.17, 15) is 4.79 Å². The Morgan fingerprint density at radius 3 is 2.19 bits per heavy atom. The second kappa shape index (κ2) is 8.26. The molecule has 1 N–H and O–H groups in total. The summed E-state index contributed by atoms with van der Waals surface area (Å²) in [7, 11) is 1.78. The minimum atomic E-state index is -0.00398. The number of para-hydroxylation sites is 3. The predicted octanol–water partition coefficient (Wildman–Crippen LogP) is 5.94. The highest BCUT2D eigenvalue weighted by Crippen LogP contribution is 2.33. The van der Waals surface area contributed by atoms with E-state index in [4.69, 9.17) is 23.2 Å². The molecule has 0 fully saturated rings. The zero-order valence-corrected chi connectivity index (χ0v) is 15.8. The number of halogens is 2. The average molecular weight is 385 g/mol. The Kier molecular flexibility index (Phi) is 5.82. The van der Waals surface area contributed by atoms with Crippen molar-refractivity contribution in [3.8, 4) is 0 Å². The first-order chi connectivity index (χ1) is 12.6. The van der Waals surface area contributed by atoms with E-state index in [2.05, 4.69) is 5.32 Å². The van der Waals surface area contributed by atoms with E-state index in [-0.39, 0.29) is 12.3 Å². The zero-order valence-electron chi connectivity index (χ0n) is 14.2. The van der Waals surface area contributed by atoms with Gasteiger partial charge in [0.15, 0.2) is 0 Å². The first kappa shape index (κ1) is 18.3. The number of likely N-dealkylation sites (N-methyl/N-ethyl adjacent to an activating group) is 1. The number of nitrogens with zero attached hydrogens (tertiary/aromatic N) is 1. The van der Waals surface area contributed by atoms with Gasteiger partial charge in [0.05, 0.1) is 22.2 Å². The lowest BCUT2D eigenvalue weighted by Gasteiger charge is -2.19. The third kappa shape index (κ3) is 4.18. The summed E-state index contributed by atoms with van der Waals surface area (Å²) < 4.78 is 0. The molecule has 0 aliphatic heterocycles. The van der Waals surface area contributed by atoms with Gasteiger partial charge in [-0.2, -0.15) is 0 Å². The minimum absolute atomic E-state index is 0.00398. The fourth-order valence-corrected chi connectivity index (χ4v) is 3.12. The van der Waals surface area contributed by atoms with E-state index in [0.29, 0.717) is 15.7 Å². The zero-order chi connectivity index (χ0) is 18.5. The first-order valence-corrected chi connectivity index (χ1v) is 8.92. The van der Waals surface area contributed by atoms with E-state index in [1.165, 1.54) is 0 Å². The van der Waals surface area contributed by atoms with Crippen molar-refractivity contribution in [3.05, 3.63) is 88.4 Å². The minimum Gasteiger partial charge on any atom is -0.353 e. The molecule has 3 aromatic rings. The fraction of sp³-hybridized carbons (Fsp3) is 0.0952. The van der Waals surface area contributed by atoms with E-state index >= 15 is 0 Å². The van der Waals surface area contributed by atoms with E-state index in [1.807, 2.05) is 54.6 Å². The lowest BCUT2D eigenvalue weighted by Crippen LogP contribution is -2.28. The van der Waals surface area contributed by atoms with Gasteiger partial charge in [-0.1, -0.05) is 65.7 Å². The SMILES string of the molecule is CN(C(=O)Cc1ccccc1Nc1c(Cl)cccc1Cl)c1ccccc1. The molecule has 0 bridgehead atoms. The summed E-state index contributed by atoms with van der Waals surface area (Å²) in [6.45, 7) is 0. The van der Waals surface area contributed by atoms with Gasteiger partial charge in [0.25, 0.3) is 0 Å². The molecule has 3 aromatic carbocycles. The Morgan fingerprint density at radius 1 is 0.885 bits per heavy atom. The number of hydrogen-bond acceptors (Lipinski definition) is 2. The number of carbonyl (C=O) groups is 1. The van der Waals surface area contributed by atoms with Crippen LogP contribution in [0.1, 0.15) is 5.56 Å². The first-order valence-electron chi connectivity index (χ1n) is 8.17. The Morgan fingerprint density at radius 2 is 1.50 bits per heavy atom. The van der Waals surface area contributed by atoms with Crippen LogP contribution in [0, 0.1) is 0 Å². The summed E-state index contributed by atoms with van der Waals surface area (Å²) in [5.41, 5.74) is 3.16. The van der Waals surface area contributed by atoms with Crippen LogP contribution in [0.2, 0.25) is 10.0 Å². The topological polar surface area (TPSA) is 32.3 Å². The third-order valence-electron chi connectivity index (χ3n) is 4.10. The molecule has 0 saturated heterocycles. The van der Waals surface area contributed by atoms with E-state index in [0.717, 1.165) is 16.9 Å². The van der Waals surface area contributed by atoms with Gasteiger partial charge in [-0.25, -0.2) is 0 Å². The van der Waals surface area contributed by atoms with Crippen LogP contribution in [0.15, 0.2) is 72.8 Å². The van der Waals surface area contributed by atoms with Crippen molar-refractivity contribution in [2.24, 2.45) is 0 Å². The molecular formula is C21H18Cl2N2O. The number of rotatable bonds is 5. The lowest BCUT2D eigenvalue weighted by atomic mass is 10.1. The van der Waals surface area contributed by atoms with Crippen LogP contribution in [0.5, 0.6) is 0 Å². The van der Waals surface area contributed by atoms with Crippen LogP contribution in [-0.4, -0.2) is 13.0 Å². The number of hydrogen-bond donors (Lipinski definition) is 1. The quantitative estimate of drug-likeness (QED) is 0.589. The Labute approximate surface area is 163 Å². The summed E-state index contributed by atoms with van der Waals surface area (Å²) in [4.78, 5) is 14.3. The van der Waals surface area contributed by atoms with Crippen molar-refractivity contribution in [3.63, 3.8) is 0 Å². The highest BCUT2D eigenvalue weighted by atomic mass is 35.5. The van der Waals surface area contributed by atoms with Gasteiger partial charge in [0.1, 0.15) is 0 Å². The van der Waals surface area contributed by atoms with Crippen molar-refractivity contribution >= 4 is 46.2 Å². The summed E-state index contributed by atoms with van der Waals surface area (Å²) >= 11 is 12.5. The maximum Gasteiger partial charge on any atom is 0.231 e. The molecule has 1 amide bonds. The molecule has 0 unspecified atom stereocenters. The van der Waals surface area contributed by atoms with Crippen molar-refractivity contribution in [1.29, 1.82) is 0 Å². The number of anilines is 3. The number of benzene rings is 3. The summed E-state index contributed by atoms with van der Waals surface area (Å²) in [6.07, 6.45) is 0.261. The van der Waals surface area contributed by atoms with E-state index < -0.39 is 0 Å². The van der Waals surface area contributed by atoms with Crippen LogP contribution >= 0.6 is 23.2 Å². The second-order valence-corrected chi connectivity index (χ2v) is 6.66. The molecule has 0 saturated carbocycles. The van der Waals surface area contributed by atoms with Crippen molar-refractivity contribution in [1.82, 2.24) is 0 Å². The molecule has 0 heterocycles. The van der Waals surface area contributed by atoms with Crippen LogP contribution in [-0.2, 0) is 11.2 Å². The van der Waals surface area contributed by atoms with Crippen LogP contribution < -0.4 is 10.2 Å². The molecule has 5 heteroatoms. The standard InChI is InChI=1S/C21H18Cl2N2O/c1-25(16-9-3-2-4-10-16)20(26)14-15-8-5-6-13-19(15)24-21-17(22)11-7-12-18(21)23/h2-13,24H,14H2,1H3. The molecular weight excluding hydrogens is 367 g/mol. The van der Waals surface area contributed by atoms with Gasteiger partial charge >= 0.3 is 0 Å². The van der Waals surface area contributed by atoms with Crippen LogP contribution in [0.4, 0.5) is 17.1 Å². The molecule has 3 rings (SSSR count). The Bertz CT molecular complexity index is 893. The lowest BCUT2D eigenvalue weighted by molar-refractivity contribution is -0.117. The number of nitrogens with one attached hydrogen (secondary N) is 1. The highest BCUT2D eigenvalue weighted by Gasteiger charge is 2.15. The third-order valence-corrected chi connectivity index (χ3v) is 4.73. The molecule has 0 aromatic heterocycles. The predicted molar refractivity (Wildman–Crippen MR) is 110 cm³/mol. The van der Waals surface area contributed by atoms with Crippen LogP contribution in [0.25, 0.3) is 0 Å². The molecule has 0 aliphatic rings. The van der Waals surface area contributed by atoms with Gasteiger partial charge in [-0.15, -0.1) is 0 Å². The average Bonchev–Trinajstić information content (AvgIpc) is 2.66. The molecule has 132 valence electrons. The molecule has 0 spiro atoms. The van der Waals surface area contributed by atoms with Gasteiger partial charge in [0, 0.05) is 18.4 Å². The molecule has 0 radical (unpaired) electrons. The Hall–Kier alpha value is -2.49. The van der Waals surface area contributed by atoms with Crippen molar-refractivity contribution in [2.45, 2.75) is 6.42 Å². The summed E-state index contributed by atoms with van der Waals surface area (Å²) in [5, 5.41) is 4.31. The van der Waals surface area contributed by atoms with Crippen molar-refractivity contribution < 1.29 is 4.79 Å². The maximum atomic E-state index is 12.7. The van der Waals surface area contributed by atoms with Gasteiger partial charge < -0.3 is 10.2 Å². The largest absolute Gasteiger partial charge is 0.353 e. The van der Waals surface area contributed by atoms with E-state index in [1.54, 1.807) is 30.1 Å². The van der Waals surface area contributed by atoms with Gasteiger partial charge in [-0.05, 0) is 35.9 Å². The fourth-order valence-electron chi connectivity index (χ4n) is 2.63. The monoisotopic (exact) mass is 384 g/mol. The smallest absolute Gasteiger partial charge is 0.231 e.